The van der Waals surface area contributed by atoms with E-state index >= 15 is 0 Å². The van der Waals surface area contributed by atoms with Crippen molar-refractivity contribution in [2.45, 2.75) is 51.5 Å². The molecule has 4 N–H and O–H groups in total. The molecule has 3 aromatic rings. The number of hydrogen-bond acceptors (Lipinski definition) is 12. The average molecular weight is 516 g/mol. The maximum atomic E-state index is 13.5. The minimum Gasteiger partial charge on any atom is -0.508 e. The molecule has 1 aliphatic rings. The number of aliphatic hydroxyl groups is 1. The van der Waals surface area contributed by atoms with Gasteiger partial charge in [0.05, 0.1) is 6.10 Å². The van der Waals surface area contributed by atoms with Gasteiger partial charge < -0.3 is 43.8 Å². The second-order valence-electron chi connectivity index (χ2n) is 8.44. The number of phenols is 3. The van der Waals surface area contributed by atoms with Crippen LogP contribution >= 0.6 is 0 Å². The van der Waals surface area contributed by atoms with Gasteiger partial charge in [-0.15, -0.1) is 0 Å². The van der Waals surface area contributed by atoms with E-state index in [0.29, 0.717) is 0 Å². The van der Waals surface area contributed by atoms with Crippen LogP contribution in [0.3, 0.4) is 0 Å². The Kier molecular flexibility index (Phi) is 6.96. The largest absolute Gasteiger partial charge is 0.508 e. The van der Waals surface area contributed by atoms with Crippen molar-refractivity contribution in [1.29, 1.82) is 0 Å². The number of esters is 2. The van der Waals surface area contributed by atoms with Crippen LogP contribution < -0.4 is 10.2 Å². The van der Waals surface area contributed by atoms with E-state index in [1.807, 2.05) is 0 Å². The van der Waals surface area contributed by atoms with Gasteiger partial charge in [0.15, 0.2) is 24.1 Å². The number of hydrogen-bond donors (Lipinski definition) is 4. The topological polar surface area (TPSA) is 182 Å². The highest BCUT2D eigenvalue weighted by molar-refractivity contribution is 5.88. The van der Waals surface area contributed by atoms with Gasteiger partial charge in [0.1, 0.15) is 28.2 Å². The van der Waals surface area contributed by atoms with Crippen LogP contribution in [0.4, 0.5) is 0 Å². The Labute approximate surface area is 209 Å². The Morgan fingerprint density at radius 1 is 0.919 bits per heavy atom. The van der Waals surface area contributed by atoms with Crippen molar-refractivity contribution in [2.75, 3.05) is 0 Å². The smallest absolute Gasteiger partial charge is 0.303 e. The minimum absolute atomic E-state index is 0.0646. The van der Waals surface area contributed by atoms with Crippen LogP contribution in [0.2, 0.25) is 0 Å². The molecular weight excluding hydrogens is 492 g/mol. The molecule has 2 aromatic carbocycles. The van der Waals surface area contributed by atoms with E-state index in [1.54, 1.807) is 0 Å². The quantitative estimate of drug-likeness (QED) is 0.362. The fourth-order valence-corrected chi connectivity index (χ4v) is 4.06. The Bertz CT molecular complexity index is 1390. The van der Waals surface area contributed by atoms with Gasteiger partial charge in [0.2, 0.25) is 17.5 Å². The third-order valence-electron chi connectivity index (χ3n) is 5.64. The zero-order valence-electron chi connectivity index (χ0n) is 19.9. The van der Waals surface area contributed by atoms with Crippen molar-refractivity contribution in [3.8, 4) is 34.3 Å². The summed E-state index contributed by atoms with van der Waals surface area (Å²) in [6, 6.07) is 7.58. The Morgan fingerprint density at radius 2 is 1.54 bits per heavy atom. The highest BCUT2D eigenvalue weighted by Crippen LogP contribution is 2.37. The predicted octanol–water partition coefficient (Wildman–Crippen LogP) is 1.92. The lowest BCUT2D eigenvalue weighted by atomic mass is 9.99. The number of carbonyl (C=O) groups is 2. The summed E-state index contributed by atoms with van der Waals surface area (Å²) < 4.78 is 27.7. The third kappa shape index (κ3) is 5.15. The van der Waals surface area contributed by atoms with E-state index in [-0.39, 0.29) is 33.8 Å². The van der Waals surface area contributed by atoms with Gasteiger partial charge in [-0.2, -0.15) is 0 Å². The number of benzene rings is 2. The minimum atomic E-state index is -1.72. The predicted molar refractivity (Wildman–Crippen MR) is 125 cm³/mol. The molecule has 0 bridgehead atoms. The number of carbonyl (C=O) groups excluding carboxylic acids is 2. The number of ether oxygens (including phenoxy) is 4. The van der Waals surface area contributed by atoms with E-state index in [2.05, 4.69) is 0 Å². The van der Waals surface area contributed by atoms with Crippen LogP contribution in [-0.4, -0.2) is 63.1 Å². The fourth-order valence-electron chi connectivity index (χ4n) is 4.06. The second-order valence-corrected chi connectivity index (χ2v) is 8.44. The molecule has 12 nitrogen and oxygen atoms in total. The molecular formula is C25H24O12. The third-order valence-corrected chi connectivity index (χ3v) is 5.64. The highest BCUT2D eigenvalue weighted by Gasteiger charge is 2.49. The number of fused-ring (bicyclic) bond motifs is 1. The molecule has 0 amide bonds. The molecule has 1 aliphatic heterocycles. The Hall–Kier alpha value is -4.29. The molecule has 0 radical (unpaired) electrons. The van der Waals surface area contributed by atoms with Crippen molar-refractivity contribution >= 4 is 22.9 Å². The maximum Gasteiger partial charge on any atom is 0.303 e. The second kappa shape index (κ2) is 9.99. The van der Waals surface area contributed by atoms with E-state index in [1.165, 1.54) is 31.2 Å². The van der Waals surface area contributed by atoms with Crippen LogP contribution in [0.15, 0.2) is 45.6 Å². The van der Waals surface area contributed by atoms with Crippen LogP contribution in [0.25, 0.3) is 22.3 Å². The SMILES string of the molecule is CC(=O)O[C@@H]1[C@@H](O)[C@H](Oc2c(-c3ccc(O)cc3)oc3cc(O)cc(O)c3c2=O)O[C@@H](C)[C@@H]1OC(C)=O. The van der Waals surface area contributed by atoms with Crippen LogP contribution in [0, 0.1) is 0 Å². The Balaban J connectivity index is 1.83. The molecule has 0 saturated carbocycles. The summed E-state index contributed by atoms with van der Waals surface area (Å²) in [4.78, 5) is 36.8. The van der Waals surface area contributed by atoms with Gasteiger partial charge in [-0.1, -0.05) is 0 Å². The Morgan fingerprint density at radius 3 is 2.16 bits per heavy atom. The lowest BCUT2D eigenvalue weighted by molar-refractivity contribution is -0.276. The molecule has 0 aliphatic carbocycles. The first kappa shape index (κ1) is 25.8. The van der Waals surface area contributed by atoms with Gasteiger partial charge in [0, 0.05) is 31.5 Å². The molecule has 4 rings (SSSR count). The van der Waals surface area contributed by atoms with Gasteiger partial charge in [-0.25, -0.2) is 0 Å². The first-order valence-electron chi connectivity index (χ1n) is 11.1. The zero-order chi connectivity index (χ0) is 27.0. The maximum absolute atomic E-state index is 13.5. The van der Waals surface area contributed by atoms with Crippen molar-refractivity contribution in [3.05, 3.63) is 46.6 Å². The number of aliphatic hydroxyl groups excluding tert-OH is 1. The van der Waals surface area contributed by atoms with E-state index in [9.17, 15) is 34.8 Å². The number of rotatable bonds is 5. The van der Waals surface area contributed by atoms with E-state index in [0.717, 1.165) is 26.0 Å². The summed E-state index contributed by atoms with van der Waals surface area (Å²) in [5.74, 6) is -3.14. The van der Waals surface area contributed by atoms with Gasteiger partial charge >= 0.3 is 11.9 Å². The fraction of sp³-hybridized carbons (Fsp3) is 0.320. The molecule has 0 spiro atoms. The summed E-state index contributed by atoms with van der Waals surface area (Å²) in [6.07, 6.45) is -6.85. The number of phenolic OH excluding ortho intramolecular Hbond substituents is 3. The number of aromatic hydroxyl groups is 3. The van der Waals surface area contributed by atoms with E-state index in [4.69, 9.17) is 23.4 Å². The van der Waals surface area contributed by atoms with Crippen molar-refractivity contribution < 1.29 is 53.4 Å². The van der Waals surface area contributed by atoms with Crippen LogP contribution in [-0.2, 0) is 23.8 Å². The standard InChI is InChI=1S/C25H24O12/c1-10-21(34-11(2)26)24(35-12(3)27)20(32)25(33-10)37-23-19(31)18-16(30)8-15(29)9-17(18)36-22(23)13-4-6-14(28)7-5-13/h4-10,20-21,24-25,28-30,32H,1-3H3/t10-,20+,21-,24+,25-/m0/s1. The highest BCUT2D eigenvalue weighted by atomic mass is 16.7. The average Bonchev–Trinajstić information content (AvgIpc) is 2.80. The lowest BCUT2D eigenvalue weighted by Crippen LogP contribution is -2.61. The molecule has 37 heavy (non-hydrogen) atoms. The van der Waals surface area contributed by atoms with Gasteiger partial charge in [0.25, 0.3) is 0 Å². The molecule has 1 aromatic heterocycles. The van der Waals surface area contributed by atoms with Gasteiger partial charge in [-0.05, 0) is 31.2 Å². The zero-order valence-corrected chi connectivity index (χ0v) is 19.9. The summed E-state index contributed by atoms with van der Waals surface area (Å²) in [6.45, 7) is 3.73. The molecule has 2 heterocycles. The lowest BCUT2D eigenvalue weighted by Gasteiger charge is -2.41. The summed E-state index contributed by atoms with van der Waals surface area (Å²) in [7, 11) is 0. The molecule has 12 heteroatoms. The van der Waals surface area contributed by atoms with Crippen molar-refractivity contribution in [2.24, 2.45) is 0 Å². The molecule has 0 unspecified atom stereocenters. The summed E-state index contributed by atoms with van der Waals surface area (Å²) in [5, 5.41) is 40.5. The van der Waals surface area contributed by atoms with E-state index < -0.39 is 59.6 Å². The summed E-state index contributed by atoms with van der Waals surface area (Å²) in [5.41, 5.74) is -0.761. The van der Waals surface area contributed by atoms with Crippen LogP contribution in [0.5, 0.6) is 23.0 Å². The molecule has 5 atom stereocenters. The molecule has 1 saturated heterocycles. The molecule has 1 fully saturated rings. The first-order chi connectivity index (χ1) is 17.5. The van der Waals surface area contributed by atoms with Crippen molar-refractivity contribution in [3.63, 3.8) is 0 Å². The van der Waals surface area contributed by atoms with Gasteiger partial charge in [-0.3, -0.25) is 14.4 Å². The molecule has 196 valence electrons. The van der Waals surface area contributed by atoms with Crippen LogP contribution in [0.1, 0.15) is 20.8 Å². The van der Waals surface area contributed by atoms with Crippen molar-refractivity contribution in [1.82, 2.24) is 0 Å². The monoisotopic (exact) mass is 516 g/mol. The normalized spacial score (nSPS) is 23.4. The first-order valence-corrected chi connectivity index (χ1v) is 11.1. The summed E-state index contributed by atoms with van der Waals surface area (Å²) >= 11 is 0.